The summed E-state index contributed by atoms with van der Waals surface area (Å²) in [6.45, 7) is 1.44. The van der Waals surface area contributed by atoms with Crippen molar-refractivity contribution in [3.63, 3.8) is 0 Å². The van der Waals surface area contributed by atoms with E-state index >= 15 is 0 Å². The lowest BCUT2D eigenvalue weighted by atomic mass is 10.1. The van der Waals surface area contributed by atoms with Gasteiger partial charge < -0.3 is 10.2 Å². The highest BCUT2D eigenvalue weighted by atomic mass is 35.5. The molecule has 24 heavy (non-hydrogen) atoms. The molecule has 0 bridgehead atoms. The first-order valence-electron chi connectivity index (χ1n) is 7.49. The van der Waals surface area contributed by atoms with Crippen molar-refractivity contribution < 1.29 is 9.59 Å². The van der Waals surface area contributed by atoms with Crippen molar-refractivity contribution in [2.75, 3.05) is 32.1 Å². The SMILES string of the molecule is CN(C)CCCN=CC1C(=O)NC(=S)N(c2cccc(Cl)c2)C1=O. The number of halogens is 1. The molecule has 1 heterocycles. The topological polar surface area (TPSA) is 65.0 Å². The molecule has 1 aliphatic rings. The first-order valence-corrected chi connectivity index (χ1v) is 8.28. The van der Waals surface area contributed by atoms with Gasteiger partial charge in [0.25, 0.3) is 5.91 Å². The number of amides is 2. The molecule has 0 aliphatic carbocycles. The normalized spacial score (nSPS) is 18.6. The molecule has 0 aromatic heterocycles. The van der Waals surface area contributed by atoms with Crippen LogP contribution in [0.25, 0.3) is 0 Å². The average Bonchev–Trinajstić information content (AvgIpc) is 2.49. The molecule has 1 atom stereocenters. The van der Waals surface area contributed by atoms with Crippen LogP contribution < -0.4 is 10.2 Å². The third-order valence-corrected chi connectivity index (χ3v) is 3.94. The molecule has 1 saturated heterocycles. The summed E-state index contributed by atoms with van der Waals surface area (Å²) in [4.78, 5) is 32.3. The van der Waals surface area contributed by atoms with Gasteiger partial charge in [-0.15, -0.1) is 0 Å². The molecule has 1 aliphatic heterocycles. The molecule has 1 aromatic rings. The number of hydrogen-bond donors (Lipinski definition) is 1. The molecule has 0 radical (unpaired) electrons. The van der Waals surface area contributed by atoms with Gasteiger partial charge in [0.05, 0.1) is 5.69 Å². The fourth-order valence-corrected chi connectivity index (χ4v) is 2.72. The lowest BCUT2D eigenvalue weighted by Gasteiger charge is -2.31. The summed E-state index contributed by atoms with van der Waals surface area (Å²) < 4.78 is 0. The van der Waals surface area contributed by atoms with Gasteiger partial charge in [-0.05, 0) is 57.5 Å². The number of hydrogen-bond acceptors (Lipinski definition) is 5. The molecule has 1 N–H and O–H groups in total. The maximum atomic E-state index is 12.7. The van der Waals surface area contributed by atoms with Gasteiger partial charge in [-0.1, -0.05) is 17.7 Å². The van der Waals surface area contributed by atoms with Crippen molar-refractivity contribution in [2.24, 2.45) is 10.9 Å². The van der Waals surface area contributed by atoms with Crippen LogP contribution in [0.3, 0.4) is 0 Å². The standard InChI is InChI=1S/C16H19ClN4O2S/c1-20(2)8-4-7-18-10-13-14(22)19-16(24)21(15(13)23)12-6-3-5-11(17)9-12/h3,5-6,9-10,13H,4,7-8H2,1-2H3,(H,19,22,24). The van der Waals surface area contributed by atoms with Crippen molar-refractivity contribution in [3.8, 4) is 0 Å². The third-order valence-electron chi connectivity index (χ3n) is 3.42. The van der Waals surface area contributed by atoms with E-state index in [-0.39, 0.29) is 5.11 Å². The van der Waals surface area contributed by atoms with Crippen LogP contribution in [0.5, 0.6) is 0 Å². The van der Waals surface area contributed by atoms with Crippen LogP contribution in [0.2, 0.25) is 5.02 Å². The summed E-state index contributed by atoms with van der Waals surface area (Å²) >= 11 is 11.1. The number of nitrogens with one attached hydrogen (secondary N) is 1. The number of benzene rings is 1. The highest BCUT2D eigenvalue weighted by Gasteiger charge is 2.38. The number of aliphatic imine (C=N–C) groups is 1. The molecular weight excluding hydrogens is 348 g/mol. The quantitative estimate of drug-likeness (QED) is 0.360. The van der Waals surface area contributed by atoms with Crippen molar-refractivity contribution in [3.05, 3.63) is 29.3 Å². The Morgan fingerprint density at radius 1 is 1.42 bits per heavy atom. The molecular formula is C16H19ClN4O2S. The van der Waals surface area contributed by atoms with Gasteiger partial charge in [0.15, 0.2) is 11.0 Å². The molecule has 6 nitrogen and oxygen atoms in total. The monoisotopic (exact) mass is 366 g/mol. The Morgan fingerprint density at radius 3 is 2.83 bits per heavy atom. The summed E-state index contributed by atoms with van der Waals surface area (Å²) in [5.74, 6) is -1.88. The number of rotatable bonds is 6. The second kappa shape index (κ2) is 8.32. The summed E-state index contributed by atoms with van der Waals surface area (Å²) in [5, 5.41) is 3.07. The minimum absolute atomic E-state index is 0.0459. The first-order chi connectivity index (χ1) is 11.4. The predicted octanol–water partition coefficient (Wildman–Crippen LogP) is 1.73. The fourth-order valence-electron chi connectivity index (χ4n) is 2.24. The van der Waals surface area contributed by atoms with Gasteiger partial charge in [-0.2, -0.15) is 0 Å². The maximum Gasteiger partial charge on any atom is 0.251 e. The van der Waals surface area contributed by atoms with Crippen molar-refractivity contribution in [1.29, 1.82) is 0 Å². The molecule has 0 spiro atoms. The first kappa shape index (κ1) is 18.5. The molecule has 0 saturated carbocycles. The second-order valence-electron chi connectivity index (χ2n) is 5.64. The van der Waals surface area contributed by atoms with Crippen molar-refractivity contribution in [2.45, 2.75) is 6.42 Å². The van der Waals surface area contributed by atoms with Gasteiger partial charge in [-0.25, -0.2) is 0 Å². The van der Waals surface area contributed by atoms with E-state index in [1.54, 1.807) is 24.3 Å². The van der Waals surface area contributed by atoms with E-state index in [1.165, 1.54) is 11.1 Å². The second-order valence-corrected chi connectivity index (χ2v) is 6.46. The molecule has 2 rings (SSSR count). The molecule has 1 fully saturated rings. The Morgan fingerprint density at radius 2 is 2.17 bits per heavy atom. The smallest absolute Gasteiger partial charge is 0.251 e. The van der Waals surface area contributed by atoms with Crippen LogP contribution in [0.15, 0.2) is 29.3 Å². The zero-order chi connectivity index (χ0) is 17.7. The molecule has 1 aromatic carbocycles. The maximum absolute atomic E-state index is 12.7. The lowest BCUT2D eigenvalue weighted by Crippen LogP contribution is -2.58. The zero-order valence-corrected chi connectivity index (χ0v) is 15.1. The van der Waals surface area contributed by atoms with Gasteiger partial charge >= 0.3 is 0 Å². The van der Waals surface area contributed by atoms with Crippen LogP contribution in [0.4, 0.5) is 5.69 Å². The summed E-state index contributed by atoms with van der Waals surface area (Å²) in [7, 11) is 3.96. The zero-order valence-electron chi connectivity index (χ0n) is 13.5. The fraction of sp³-hybridized carbons (Fsp3) is 0.375. The van der Waals surface area contributed by atoms with Crippen molar-refractivity contribution in [1.82, 2.24) is 10.2 Å². The van der Waals surface area contributed by atoms with Crippen LogP contribution >= 0.6 is 23.8 Å². The van der Waals surface area contributed by atoms with Crippen LogP contribution in [0.1, 0.15) is 6.42 Å². The Balaban J connectivity index is 2.12. The van der Waals surface area contributed by atoms with E-state index in [9.17, 15) is 9.59 Å². The largest absolute Gasteiger partial charge is 0.309 e. The van der Waals surface area contributed by atoms with Crippen LogP contribution in [0, 0.1) is 5.92 Å². The van der Waals surface area contributed by atoms with E-state index in [4.69, 9.17) is 23.8 Å². The lowest BCUT2D eigenvalue weighted by molar-refractivity contribution is -0.130. The molecule has 8 heteroatoms. The number of carbonyl (C=O) groups excluding carboxylic acids is 2. The summed E-state index contributed by atoms with van der Waals surface area (Å²) in [6.07, 6.45) is 2.25. The predicted molar refractivity (Wildman–Crippen MR) is 99.7 cm³/mol. The van der Waals surface area contributed by atoms with E-state index in [0.717, 1.165) is 13.0 Å². The Bertz CT molecular complexity index is 678. The van der Waals surface area contributed by atoms with Gasteiger partial charge in [0.1, 0.15) is 0 Å². The molecule has 1 unspecified atom stereocenters. The summed E-state index contributed by atoms with van der Waals surface area (Å²) in [5.41, 5.74) is 0.517. The Kier molecular flexibility index (Phi) is 6.42. The van der Waals surface area contributed by atoms with E-state index < -0.39 is 17.7 Å². The van der Waals surface area contributed by atoms with E-state index in [2.05, 4.69) is 10.3 Å². The van der Waals surface area contributed by atoms with Crippen molar-refractivity contribution >= 4 is 52.6 Å². The summed E-state index contributed by atoms with van der Waals surface area (Å²) in [6, 6.07) is 6.74. The molecule has 2 amide bonds. The molecule has 128 valence electrons. The highest BCUT2D eigenvalue weighted by Crippen LogP contribution is 2.23. The van der Waals surface area contributed by atoms with Gasteiger partial charge in [0, 0.05) is 17.8 Å². The minimum Gasteiger partial charge on any atom is -0.309 e. The van der Waals surface area contributed by atoms with Gasteiger partial charge in [0.2, 0.25) is 5.91 Å². The number of anilines is 1. The average molecular weight is 367 g/mol. The third kappa shape index (κ3) is 4.59. The van der Waals surface area contributed by atoms with Crippen LogP contribution in [-0.4, -0.2) is 55.2 Å². The number of carbonyl (C=O) groups is 2. The Labute approximate surface area is 151 Å². The van der Waals surface area contributed by atoms with E-state index in [1.807, 2.05) is 19.0 Å². The number of nitrogens with zero attached hydrogens (tertiary/aromatic N) is 3. The van der Waals surface area contributed by atoms with E-state index in [0.29, 0.717) is 17.3 Å². The minimum atomic E-state index is -0.991. The Hall–Kier alpha value is -1.83. The highest BCUT2D eigenvalue weighted by molar-refractivity contribution is 7.80. The number of thiocarbonyl (C=S) groups is 1. The van der Waals surface area contributed by atoms with Gasteiger partial charge in [-0.3, -0.25) is 19.5 Å². The van der Waals surface area contributed by atoms with Crippen LogP contribution in [-0.2, 0) is 9.59 Å².